The minimum absolute atomic E-state index is 0.0452. The summed E-state index contributed by atoms with van der Waals surface area (Å²) in [4.78, 5) is 14.2. The number of amides is 1. The maximum Gasteiger partial charge on any atom is 0.222 e. The van der Waals surface area contributed by atoms with Crippen molar-refractivity contribution in [2.24, 2.45) is 11.7 Å². The van der Waals surface area contributed by atoms with Crippen molar-refractivity contribution in [3.63, 3.8) is 0 Å². The maximum absolute atomic E-state index is 12.2. The summed E-state index contributed by atoms with van der Waals surface area (Å²) in [5.41, 5.74) is 7.31. The summed E-state index contributed by atoms with van der Waals surface area (Å²) in [7, 11) is 0. The van der Waals surface area contributed by atoms with Crippen LogP contribution in [0.25, 0.3) is 0 Å². The largest absolute Gasteiger partial charge is 0.341 e. The minimum Gasteiger partial charge on any atom is -0.341 e. The highest BCUT2D eigenvalue weighted by Crippen LogP contribution is 2.28. The molecule has 4 heteroatoms. The van der Waals surface area contributed by atoms with Crippen LogP contribution in [0.2, 0.25) is 5.02 Å². The highest BCUT2D eigenvalue weighted by molar-refractivity contribution is 6.30. The van der Waals surface area contributed by atoms with Gasteiger partial charge in [0, 0.05) is 36.5 Å². The second-order valence-corrected chi connectivity index (χ2v) is 6.58. The topological polar surface area (TPSA) is 46.3 Å². The fourth-order valence-corrected chi connectivity index (χ4v) is 3.02. The van der Waals surface area contributed by atoms with Gasteiger partial charge in [-0.1, -0.05) is 37.6 Å². The van der Waals surface area contributed by atoms with E-state index in [0.717, 1.165) is 18.0 Å². The Bertz CT molecular complexity index is 475. The average molecular weight is 295 g/mol. The van der Waals surface area contributed by atoms with Crippen LogP contribution in [0.4, 0.5) is 0 Å². The van der Waals surface area contributed by atoms with E-state index in [1.165, 1.54) is 5.56 Å². The molecular formula is C16H23ClN2O. The molecule has 0 saturated carbocycles. The predicted octanol–water partition coefficient (Wildman–Crippen LogP) is 3.03. The van der Waals surface area contributed by atoms with Gasteiger partial charge in [0.25, 0.3) is 0 Å². The second kappa shape index (κ2) is 6.59. The van der Waals surface area contributed by atoms with Crippen molar-refractivity contribution in [2.75, 3.05) is 13.1 Å². The third-order valence-corrected chi connectivity index (χ3v) is 3.97. The van der Waals surface area contributed by atoms with E-state index >= 15 is 0 Å². The molecule has 1 aliphatic heterocycles. The zero-order valence-electron chi connectivity index (χ0n) is 12.2. The summed E-state index contributed by atoms with van der Waals surface area (Å²) in [5.74, 6) is 0.876. The number of likely N-dealkylation sites (tertiary alicyclic amines) is 1. The molecule has 1 saturated heterocycles. The number of benzene rings is 1. The summed E-state index contributed by atoms with van der Waals surface area (Å²) in [6.07, 6.45) is 1.50. The first-order chi connectivity index (χ1) is 9.45. The Balaban J connectivity index is 2.10. The lowest BCUT2D eigenvalue weighted by Crippen LogP contribution is -2.48. The quantitative estimate of drug-likeness (QED) is 0.931. The van der Waals surface area contributed by atoms with Crippen LogP contribution >= 0.6 is 11.6 Å². The van der Waals surface area contributed by atoms with Crippen LogP contribution in [0, 0.1) is 5.92 Å². The van der Waals surface area contributed by atoms with Gasteiger partial charge in [-0.25, -0.2) is 0 Å². The van der Waals surface area contributed by atoms with Crippen LogP contribution in [0.5, 0.6) is 0 Å². The van der Waals surface area contributed by atoms with Gasteiger partial charge >= 0.3 is 0 Å². The number of piperidine rings is 1. The van der Waals surface area contributed by atoms with Crippen molar-refractivity contribution in [1.82, 2.24) is 4.90 Å². The molecule has 1 heterocycles. The second-order valence-electron chi connectivity index (χ2n) is 6.14. The molecule has 0 aliphatic carbocycles. The summed E-state index contributed by atoms with van der Waals surface area (Å²) >= 11 is 6.06. The molecule has 0 aromatic heterocycles. The van der Waals surface area contributed by atoms with Gasteiger partial charge in [-0.3, -0.25) is 4.79 Å². The Morgan fingerprint density at radius 3 is 2.85 bits per heavy atom. The van der Waals surface area contributed by atoms with Crippen LogP contribution in [0.1, 0.15) is 38.2 Å². The number of nitrogens with zero attached hydrogens (tertiary/aromatic N) is 1. The SMILES string of the molecule is CC(C)CC(=O)N1CC(N)CC(c2cccc(Cl)c2)C1. The highest BCUT2D eigenvalue weighted by Gasteiger charge is 2.29. The minimum atomic E-state index is 0.0452. The summed E-state index contributed by atoms with van der Waals surface area (Å²) in [6.45, 7) is 5.55. The Labute approximate surface area is 126 Å². The van der Waals surface area contributed by atoms with E-state index in [0.29, 0.717) is 18.9 Å². The molecule has 2 rings (SSSR count). The standard InChI is InChI=1S/C16H23ClN2O/c1-11(2)6-16(20)19-9-13(8-15(18)10-19)12-4-3-5-14(17)7-12/h3-5,7,11,13,15H,6,8-10,18H2,1-2H3. The Morgan fingerprint density at radius 1 is 1.45 bits per heavy atom. The lowest BCUT2D eigenvalue weighted by atomic mass is 9.88. The van der Waals surface area contributed by atoms with Gasteiger partial charge in [0.1, 0.15) is 0 Å². The van der Waals surface area contributed by atoms with Crippen LogP contribution in [0.15, 0.2) is 24.3 Å². The molecular weight excluding hydrogens is 272 g/mol. The fourth-order valence-electron chi connectivity index (χ4n) is 2.82. The molecule has 110 valence electrons. The zero-order valence-corrected chi connectivity index (χ0v) is 12.9. The van der Waals surface area contributed by atoms with Gasteiger partial charge in [0.15, 0.2) is 0 Å². The number of halogens is 1. The summed E-state index contributed by atoms with van der Waals surface area (Å²) in [5, 5.41) is 0.738. The van der Waals surface area contributed by atoms with E-state index in [1.54, 1.807) is 0 Å². The lowest BCUT2D eigenvalue weighted by molar-refractivity contribution is -0.133. The van der Waals surface area contributed by atoms with Gasteiger partial charge in [-0.15, -0.1) is 0 Å². The average Bonchev–Trinajstić information content (AvgIpc) is 2.37. The molecule has 3 nitrogen and oxygen atoms in total. The highest BCUT2D eigenvalue weighted by atomic mass is 35.5. The number of carbonyl (C=O) groups is 1. The first-order valence-corrected chi connectivity index (χ1v) is 7.62. The zero-order chi connectivity index (χ0) is 14.7. The number of carbonyl (C=O) groups excluding carboxylic acids is 1. The smallest absolute Gasteiger partial charge is 0.222 e. The van der Waals surface area contributed by atoms with Crippen LogP contribution in [0.3, 0.4) is 0 Å². The lowest BCUT2D eigenvalue weighted by Gasteiger charge is -2.37. The van der Waals surface area contributed by atoms with Gasteiger partial charge in [-0.2, -0.15) is 0 Å². The molecule has 0 radical (unpaired) electrons. The molecule has 0 spiro atoms. The normalized spacial score (nSPS) is 23.1. The monoisotopic (exact) mass is 294 g/mol. The van der Waals surface area contributed by atoms with Crippen molar-refractivity contribution in [2.45, 2.75) is 38.6 Å². The van der Waals surface area contributed by atoms with Crippen LogP contribution in [-0.4, -0.2) is 29.9 Å². The van der Waals surface area contributed by atoms with Gasteiger partial charge in [0.2, 0.25) is 5.91 Å². The fraction of sp³-hybridized carbons (Fsp3) is 0.562. The molecule has 1 amide bonds. The van der Waals surface area contributed by atoms with E-state index in [4.69, 9.17) is 17.3 Å². The van der Waals surface area contributed by atoms with Gasteiger partial charge in [-0.05, 0) is 30.0 Å². The Kier molecular flexibility index (Phi) is 5.06. The third kappa shape index (κ3) is 3.97. The molecule has 2 unspecified atom stereocenters. The van der Waals surface area contributed by atoms with E-state index in [2.05, 4.69) is 19.9 Å². The Morgan fingerprint density at radius 2 is 2.20 bits per heavy atom. The van der Waals surface area contributed by atoms with E-state index in [-0.39, 0.29) is 17.9 Å². The van der Waals surface area contributed by atoms with Crippen molar-refractivity contribution < 1.29 is 4.79 Å². The summed E-state index contributed by atoms with van der Waals surface area (Å²) in [6, 6.07) is 7.92. The number of nitrogens with two attached hydrogens (primary N) is 1. The maximum atomic E-state index is 12.2. The van der Waals surface area contributed by atoms with Gasteiger partial charge in [0.05, 0.1) is 0 Å². The molecule has 1 aliphatic rings. The van der Waals surface area contributed by atoms with Crippen LogP contribution in [-0.2, 0) is 4.79 Å². The number of hydrogen-bond donors (Lipinski definition) is 1. The molecule has 0 bridgehead atoms. The molecule has 1 aromatic rings. The predicted molar refractivity (Wildman–Crippen MR) is 82.8 cm³/mol. The van der Waals surface area contributed by atoms with E-state index in [1.807, 2.05) is 23.1 Å². The Hall–Kier alpha value is -1.06. The molecule has 1 fully saturated rings. The van der Waals surface area contributed by atoms with E-state index in [9.17, 15) is 4.79 Å². The first-order valence-electron chi connectivity index (χ1n) is 7.24. The molecule has 2 N–H and O–H groups in total. The third-order valence-electron chi connectivity index (χ3n) is 3.74. The van der Waals surface area contributed by atoms with Gasteiger partial charge < -0.3 is 10.6 Å². The van der Waals surface area contributed by atoms with Crippen molar-refractivity contribution in [1.29, 1.82) is 0 Å². The van der Waals surface area contributed by atoms with Crippen LogP contribution < -0.4 is 5.73 Å². The molecule has 20 heavy (non-hydrogen) atoms. The molecule has 1 aromatic carbocycles. The van der Waals surface area contributed by atoms with Crippen molar-refractivity contribution in [3.05, 3.63) is 34.9 Å². The van der Waals surface area contributed by atoms with Crippen molar-refractivity contribution >= 4 is 17.5 Å². The van der Waals surface area contributed by atoms with E-state index < -0.39 is 0 Å². The van der Waals surface area contributed by atoms with Crippen molar-refractivity contribution in [3.8, 4) is 0 Å². The number of hydrogen-bond acceptors (Lipinski definition) is 2. The number of rotatable bonds is 3. The summed E-state index contributed by atoms with van der Waals surface area (Å²) < 4.78 is 0. The first kappa shape index (κ1) is 15.3. The molecule has 2 atom stereocenters.